The number of esters is 1. The lowest BCUT2D eigenvalue weighted by Gasteiger charge is -2.06. The van der Waals surface area contributed by atoms with Gasteiger partial charge in [-0.3, -0.25) is 4.79 Å². The lowest BCUT2D eigenvalue weighted by atomic mass is 10.0. The fourth-order valence-electron chi connectivity index (χ4n) is 2.10. The number of ether oxygens (including phenoxy) is 1. The highest BCUT2D eigenvalue weighted by atomic mass is 16.5. The first-order valence-electron chi connectivity index (χ1n) is 4.70. The maximum Gasteiger partial charge on any atom is 0.305 e. The molecule has 1 aliphatic carbocycles. The minimum Gasteiger partial charge on any atom is -0.469 e. The van der Waals surface area contributed by atoms with Gasteiger partial charge in [0.15, 0.2) is 0 Å². The largest absolute Gasteiger partial charge is 0.469 e. The Morgan fingerprint density at radius 2 is 1.83 bits per heavy atom. The molecule has 1 rings (SSSR count). The number of carbonyl (C=O) groups is 1. The molecular weight excluding hydrogens is 152 g/mol. The summed E-state index contributed by atoms with van der Waals surface area (Å²) >= 11 is 0. The van der Waals surface area contributed by atoms with Crippen LogP contribution >= 0.6 is 0 Å². The summed E-state index contributed by atoms with van der Waals surface area (Å²) in [5.74, 6) is 2.07. The zero-order valence-corrected chi connectivity index (χ0v) is 8.17. The maximum atomic E-state index is 11.0. The molecule has 0 saturated heterocycles. The Morgan fingerprint density at radius 1 is 1.33 bits per heavy atom. The van der Waals surface area contributed by atoms with Crippen LogP contribution < -0.4 is 0 Å². The van der Waals surface area contributed by atoms with Gasteiger partial charge in [-0.25, -0.2) is 0 Å². The van der Waals surface area contributed by atoms with Crippen LogP contribution in [-0.2, 0) is 9.53 Å². The van der Waals surface area contributed by atoms with Crippen molar-refractivity contribution in [2.75, 3.05) is 7.11 Å². The van der Waals surface area contributed by atoms with Crippen molar-refractivity contribution in [2.45, 2.75) is 33.1 Å². The predicted molar refractivity (Wildman–Crippen MR) is 47.7 cm³/mol. The second-order valence-corrected chi connectivity index (χ2v) is 4.07. The van der Waals surface area contributed by atoms with Gasteiger partial charge in [-0.15, -0.1) is 0 Å². The summed E-state index contributed by atoms with van der Waals surface area (Å²) in [6.45, 7) is 4.53. The van der Waals surface area contributed by atoms with Crippen LogP contribution in [0.15, 0.2) is 0 Å². The van der Waals surface area contributed by atoms with Gasteiger partial charge < -0.3 is 4.74 Å². The van der Waals surface area contributed by atoms with E-state index in [0.29, 0.717) is 12.3 Å². The Hall–Kier alpha value is -0.530. The monoisotopic (exact) mass is 170 g/mol. The second kappa shape index (κ2) is 3.92. The second-order valence-electron chi connectivity index (χ2n) is 4.07. The van der Waals surface area contributed by atoms with E-state index < -0.39 is 0 Å². The van der Waals surface area contributed by atoms with E-state index >= 15 is 0 Å². The van der Waals surface area contributed by atoms with Gasteiger partial charge in [0.25, 0.3) is 0 Å². The number of hydrogen-bond donors (Lipinski definition) is 0. The van der Waals surface area contributed by atoms with Crippen LogP contribution in [0.5, 0.6) is 0 Å². The number of hydrogen-bond acceptors (Lipinski definition) is 2. The average Bonchev–Trinajstić information content (AvgIpc) is 2.31. The highest BCUT2D eigenvalue weighted by Crippen LogP contribution is 2.37. The third kappa shape index (κ3) is 2.23. The molecule has 1 fully saturated rings. The summed E-state index contributed by atoms with van der Waals surface area (Å²) in [5.41, 5.74) is 0. The van der Waals surface area contributed by atoms with E-state index in [1.54, 1.807) is 0 Å². The molecule has 0 unspecified atom stereocenters. The minimum atomic E-state index is -0.0544. The van der Waals surface area contributed by atoms with Crippen LogP contribution in [-0.4, -0.2) is 13.1 Å². The summed E-state index contributed by atoms with van der Waals surface area (Å²) < 4.78 is 4.64. The van der Waals surface area contributed by atoms with Crippen molar-refractivity contribution in [3.8, 4) is 0 Å². The van der Waals surface area contributed by atoms with Crippen LogP contribution in [0, 0.1) is 17.8 Å². The molecule has 1 aliphatic rings. The fraction of sp³-hybridized carbons (Fsp3) is 0.900. The lowest BCUT2D eigenvalue weighted by molar-refractivity contribution is -0.141. The Labute approximate surface area is 74.3 Å². The molecule has 0 N–H and O–H groups in total. The standard InChI is InChI=1S/C10H18O2/c1-7-4-9(5-8(7)2)6-10(11)12-3/h7-9H,4-6H2,1-3H3/t7-,8-/m0/s1. The van der Waals surface area contributed by atoms with Gasteiger partial charge in [0.05, 0.1) is 7.11 Å². The minimum absolute atomic E-state index is 0.0544. The van der Waals surface area contributed by atoms with Gasteiger partial charge in [-0.05, 0) is 30.6 Å². The molecule has 0 aromatic rings. The van der Waals surface area contributed by atoms with Crippen molar-refractivity contribution in [1.29, 1.82) is 0 Å². The van der Waals surface area contributed by atoms with Crippen LogP contribution in [0.25, 0.3) is 0 Å². The number of methoxy groups -OCH3 is 1. The number of carbonyl (C=O) groups excluding carboxylic acids is 1. The number of rotatable bonds is 2. The first-order valence-corrected chi connectivity index (χ1v) is 4.70. The fourth-order valence-corrected chi connectivity index (χ4v) is 2.10. The van der Waals surface area contributed by atoms with Crippen molar-refractivity contribution < 1.29 is 9.53 Å². The van der Waals surface area contributed by atoms with E-state index in [-0.39, 0.29) is 5.97 Å². The average molecular weight is 170 g/mol. The van der Waals surface area contributed by atoms with Crippen molar-refractivity contribution >= 4 is 5.97 Å². The maximum absolute atomic E-state index is 11.0. The molecule has 2 heteroatoms. The van der Waals surface area contributed by atoms with Crippen LogP contribution in [0.2, 0.25) is 0 Å². The molecule has 0 radical (unpaired) electrons. The first kappa shape index (κ1) is 9.56. The molecule has 2 atom stereocenters. The van der Waals surface area contributed by atoms with Crippen LogP contribution in [0.4, 0.5) is 0 Å². The van der Waals surface area contributed by atoms with Gasteiger partial charge in [-0.2, -0.15) is 0 Å². The molecule has 0 heterocycles. The molecular formula is C10H18O2. The topological polar surface area (TPSA) is 26.3 Å². The van der Waals surface area contributed by atoms with E-state index in [0.717, 1.165) is 11.8 Å². The molecule has 0 amide bonds. The molecule has 1 saturated carbocycles. The Morgan fingerprint density at radius 3 is 2.25 bits per heavy atom. The van der Waals surface area contributed by atoms with Gasteiger partial charge in [-0.1, -0.05) is 13.8 Å². The molecule has 0 spiro atoms. The van der Waals surface area contributed by atoms with E-state index in [9.17, 15) is 4.79 Å². The van der Waals surface area contributed by atoms with Gasteiger partial charge in [0.2, 0.25) is 0 Å². The first-order chi connectivity index (χ1) is 5.63. The van der Waals surface area contributed by atoms with Gasteiger partial charge >= 0.3 is 5.97 Å². The molecule has 12 heavy (non-hydrogen) atoms. The highest BCUT2D eigenvalue weighted by molar-refractivity contribution is 5.69. The highest BCUT2D eigenvalue weighted by Gasteiger charge is 2.29. The van der Waals surface area contributed by atoms with E-state index in [1.807, 2.05) is 0 Å². The Balaban J connectivity index is 2.32. The molecule has 0 aromatic carbocycles. The van der Waals surface area contributed by atoms with Crippen LogP contribution in [0.1, 0.15) is 33.1 Å². The van der Waals surface area contributed by atoms with Crippen molar-refractivity contribution in [2.24, 2.45) is 17.8 Å². The molecule has 0 aromatic heterocycles. The summed E-state index contributed by atoms with van der Waals surface area (Å²) in [4.78, 5) is 11.0. The molecule has 2 nitrogen and oxygen atoms in total. The predicted octanol–water partition coefficient (Wildman–Crippen LogP) is 2.23. The summed E-state index contributed by atoms with van der Waals surface area (Å²) in [5, 5.41) is 0. The third-order valence-corrected chi connectivity index (χ3v) is 3.06. The normalized spacial score (nSPS) is 30.6. The molecule has 0 bridgehead atoms. The Kier molecular flexibility index (Phi) is 3.12. The quantitative estimate of drug-likeness (QED) is 0.594. The Bertz CT molecular complexity index is 155. The smallest absolute Gasteiger partial charge is 0.305 e. The molecule has 70 valence electrons. The van der Waals surface area contributed by atoms with Crippen molar-refractivity contribution in [3.63, 3.8) is 0 Å². The summed E-state index contributed by atoms with van der Waals surface area (Å²) in [6, 6.07) is 0. The SMILES string of the molecule is COC(=O)CC1C[C@H](C)[C@@H](C)C1. The van der Waals surface area contributed by atoms with E-state index in [1.165, 1.54) is 20.0 Å². The van der Waals surface area contributed by atoms with Gasteiger partial charge in [0.1, 0.15) is 0 Å². The van der Waals surface area contributed by atoms with Crippen LogP contribution in [0.3, 0.4) is 0 Å². The van der Waals surface area contributed by atoms with Crippen molar-refractivity contribution in [3.05, 3.63) is 0 Å². The third-order valence-electron chi connectivity index (χ3n) is 3.06. The van der Waals surface area contributed by atoms with Gasteiger partial charge in [0, 0.05) is 6.42 Å². The van der Waals surface area contributed by atoms with E-state index in [4.69, 9.17) is 0 Å². The zero-order chi connectivity index (χ0) is 9.14. The summed E-state index contributed by atoms with van der Waals surface area (Å²) in [7, 11) is 1.46. The van der Waals surface area contributed by atoms with Crippen molar-refractivity contribution in [1.82, 2.24) is 0 Å². The lowest BCUT2D eigenvalue weighted by Crippen LogP contribution is -2.07. The summed E-state index contributed by atoms with van der Waals surface area (Å²) in [6.07, 6.45) is 3.00. The zero-order valence-electron chi connectivity index (χ0n) is 8.17. The molecule has 0 aliphatic heterocycles. The van der Waals surface area contributed by atoms with E-state index in [2.05, 4.69) is 18.6 Å².